The average molecular weight is 469 g/mol. The molecule has 30 heavy (non-hydrogen) atoms. The summed E-state index contributed by atoms with van der Waals surface area (Å²) in [6.07, 6.45) is 3.92. The molecule has 1 fully saturated rings. The quantitative estimate of drug-likeness (QED) is 0.578. The molecular formula is C22H26Cl2N2O3S. The Bertz CT molecular complexity index is 960. The number of benzene rings is 2. The minimum absolute atomic E-state index is 0.00699. The van der Waals surface area contributed by atoms with Crippen molar-refractivity contribution in [2.75, 3.05) is 19.6 Å². The van der Waals surface area contributed by atoms with E-state index in [1.165, 1.54) is 22.0 Å². The summed E-state index contributed by atoms with van der Waals surface area (Å²) in [5.74, 6) is -0.159. The molecule has 0 saturated carbocycles. The number of hydrogen-bond donors (Lipinski definition) is 1. The molecule has 1 heterocycles. The number of halogens is 2. The summed E-state index contributed by atoms with van der Waals surface area (Å²) in [5.41, 5.74) is 1.30. The van der Waals surface area contributed by atoms with Crippen LogP contribution in [0.4, 0.5) is 0 Å². The lowest BCUT2D eigenvalue weighted by Crippen LogP contribution is -2.43. The lowest BCUT2D eigenvalue weighted by Gasteiger charge is -2.30. The molecule has 0 spiro atoms. The van der Waals surface area contributed by atoms with Gasteiger partial charge in [-0.1, -0.05) is 53.5 Å². The minimum Gasteiger partial charge on any atom is -0.356 e. The van der Waals surface area contributed by atoms with Crippen molar-refractivity contribution in [3.63, 3.8) is 0 Å². The minimum atomic E-state index is -3.73. The Labute approximate surface area is 188 Å². The van der Waals surface area contributed by atoms with E-state index in [2.05, 4.69) is 17.4 Å². The molecule has 0 unspecified atom stereocenters. The first-order valence-electron chi connectivity index (χ1n) is 10.1. The molecule has 0 bridgehead atoms. The van der Waals surface area contributed by atoms with Crippen LogP contribution in [0.25, 0.3) is 0 Å². The molecule has 1 N–H and O–H groups in total. The highest BCUT2D eigenvalue weighted by atomic mass is 35.5. The number of piperidine rings is 1. The van der Waals surface area contributed by atoms with Gasteiger partial charge in [-0.2, -0.15) is 4.31 Å². The second-order valence-electron chi connectivity index (χ2n) is 7.49. The van der Waals surface area contributed by atoms with E-state index in [-0.39, 0.29) is 34.8 Å². The predicted octanol–water partition coefficient (Wildman–Crippen LogP) is 4.53. The molecule has 1 aliphatic heterocycles. The van der Waals surface area contributed by atoms with Crippen molar-refractivity contribution in [1.82, 2.24) is 9.62 Å². The van der Waals surface area contributed by atoms with Crippen molar-refractivity contribution < 1.29 is 13.2 Å². The second kappa shape index (κ2) is 10.6. The van der Waals surface area contributed by atoms with Crippen LogP contribution in [0, 0.1) is 5.92 Å². The normalized spacial score (nSPS) is 15.8. The fourth-order valence-electron chi connectivity index (χ4n) is 3.63. The molecule has 0 aromatic heterocycles. The van der Waals surface area contributed by atoms with Crippen molar-refractivity contribution in [3.05, 3.63) is 64.1 Å². The first kappa shape index (κ1) is 23.1. The molecule has 0 radical (unpaired) electrons. The van der Waals surface area contributed by atoms with Gasteiger partial charge in [0.25, 0.3) is 0 Å². The van der Waals surface area contributed by atoms with Crippen molar-refractivity contribution in [3.8, 4) is 0 Å². The summed E-state index contributed by atoms with van der Waals surface area (Å²) in [5, 5.41) is 3.46. The number of rotatable bonds is 8. The summed E-state index contributed by atoms with van der Waals surface area (Å²) < 4.78 is 27.1. The van der Waals surface area contributed by atoms with Crippen LogP contribution >= 0.6 is 23.2 Å². The Morgan fingerprint density at radius 2 is 1.73 bits per heavy atom. The van der Waals surface area contributed by atoms with Crippen molar-refractivity contribution >= 4 is 39.1 Å². The first-order chi connectivity index (χ1) is 14.4. The van der Waals surface area contributed by atoms with E-state index in [0.717, 1.165) is 19.3 Å². The molecule has 1 aliphatic rings. The number of nitrogens with one attached hydrogen (secondary N) is 1. The van der Waals surface area contributed by atoms with Crippen LogP contribution in [0.15, 0.2) is 53.4 Å². The van der Waals surface area contributed by atoms with E-state index < -0.39 is 10.0 Å². The Kier molecular flexibility index (Phi) is 8.17. The van der Waals surface area contributed by atoms with Crippen LogP contribution in [0.5, 0.6) is 0 Å². The van der Waals surface area contributed by atoms with Crippen molar-refractivity contribution in [2.24, 2.45) is 5.92 Å². The van der Waals surface area contributed by atoms with Gasteiger partial charge in [0.05, 0.1) is 5.02 Å². The summed E-state index contributed by atoms with van der Waals surface area (Å²) >= 11 is 12.0. The highest BCUT2D eigenvalue weighted by Gasteiger charge is 2.33. The maximum atomic E-state index is 12.9. The predicted molar refractivity (Wildman–Crippen MR) is 120 cm³/mol. The van der Waals surface area contributed by atoms with Crippen LogP contribution < -0.4 is 5.32 Å². The third-order valence-electron chi connectivity index (χ3n) is 5.37. The fraction of sp³-hybridized carbons (Fsp3) is 0.409. The number of nitrogens with zero attached hydrogens (tertiary/aromatic N) is 1. The van der Waals surface area contributed by atoms with Gasteiger partial charge in [0.1, 0.15) is 4.90 Å². The fourth-order valence-corrected chi connectivity index (χ4v) is 5.83. The molecule has 0 aliphatic carbocycles. The lowest BCUT2D eigenvalue weighted by atomic mass is 9.97. The van der Waals surface area contributed by atoms with Crippen LogP contribution in [0.3, 0.4) is 0 Å². The van der Waals surface area contributed by atoms with Gasteiger partial charge in [0.15, 0.2) is 0 Å². The van der Waals surface area contributed by atoms with Crippen LogP contribution in [0.2, 0.25) is 10.0 Å². The van der Waals surface area contributed by atoms with Gasteiger partial charge in [-0.25, -0.2) is 8.42 Å². The van der Waals surface area contributed by atoms with Gasteiger partial charge < -0.3 is 5.32 Å². The number of unbranched alkanes of at least 4 members (excludes halogenated alkanes) is 1. The van der Waals surface area contributed by atoms with E-state index in [1.807, 2.05) is 18.2 Å². The van der Waals surface area contributed by atoms with Crippen LogP contribution in [-0.4, -0.2) is 38.3 Å². The standard InChI is InChI=1S/C22H26Cl2N2O3S/c23-19-9-10-20(24)21(16-19)30(28,29)26-14-11-18(12-15-26)22(27)25-13-5-4-8-17-6-2-1-3-7-17/h1-3,6-7,9-10,16,18H,4-5,8,11-15H2,(H,25,27). The maximum absolute atomic E-state index is 12.9. The van der Waals surface area contributed by atoms with E-state index >= 15 is 0 Å². The summed E-state index contributed by atoms with van der Waals surface area (Å²) in [6.45, 7) is 1.22. The smallest absolute Gasteiger partial charge is 0.244 e. The summed E-state index contributed by atoms with van der Waals surface area (Å²) in [6, 6.07) is 14.7. The van der Waals surface area contributed by atoms with E-state index in [1.54, 1.807) is 6.07 Å². The first-order valence-corrected chi connectivity index (χ1v) is 12.3. The number of carbonyl (C=O) groups excluding carboxylic acids is 1. The Morgan fingerprint density at radius 1 is 1.03 bits per heavy atom. The van der Waals surface area contributed by atoms with Crippen LogP contribution in [0.1, 0.15) is 31.2 Å². The molecule has 3 rings (SSSR count). The third-order valence-corrected chi connectivity index (χ3v) is 7.99. The molecule has 2 aromatic rings. The summed E-state index contributed by atoms with van der Waals surface area (Å²) in [4.78, 5) is 12.5. The Balaban J connectivity index is 1.43. The van der Waals surface area contributed by atoms with Gasteiger partial charge in [-0.15, -0.1) is 0 Å². The highest BCUT2D eigenvalue weighted by molar-refractivity contribution is 7.89. The molecule has 162 valence electrons. The van der Waals surface area contributed by atoms with Gasteiger partial charge in [-0.3, -0.25) is 4.79 Å². The number of sulfonamides is 1. The van der Waals surface area contributed by atoms with Gasteiger partial charge in [0.2, 0.25) is 15.9 Å². The highest BCUT2D eigenvalue weighted by Crippen LogP contribution is 2.30. The summed E-state index contributed by atoms with van der Waals surface area (Å²) in [7, 11) is -3.73. The van der Waals surface area contributed by atoms with E-state index in [9.17, 15) is 13.2 Å². The Morgan fingerprint density at radius 3 is 2.43 bits per heavy atom. The van der Waals surface area contributed by atoms with Crippen molar-refractivity contribution in [1.29, 1.82) is 0 Å². The molecule has 1 saturated heterocycles. The zero-order chi connectivity index (χ0) is 21.6. The molecule has 2 aromatic carbocycles. The largest absolute Gasteiger partial charge is 0.356 e. The molecular weight excluding hydrogens is 443 g/mol. The molecule has 5 nitrogen and oxygen atoms in total. The zero-order valence-electron chi connectivity index (χ0n) is 16.7. The average Bonchev–Trinajstić information content (AvgIpc) is 2.76. The zero-order valence-corrected chi connectivity index (χ0v) is 19.0. The molecule has 0 atom stereocenters. The topological polar surface area (TPSA) is 66.5 Å². The lowest BCUT2D eigenvalue weighted by molar-refractivity contribution is -0.126. The maximum Gasteiger partial charge on any atom is 0.244 e. The number of hydrogen-bond acceptors (Lipinski definition) is 3. The number of amides is 1. The molecule has 1 amide bonds. The monoisotopic (exact) mass is 468 g/mol. The van der Waals surface area contributed by atoms with Crippen molar-refractivity contribution in [2.45, 2.75) is 37.0 Å². The van der Waals surface area contributed by atoms with Gasteiger partial charge >= 0.3 is 0 Å². The number of carbonyl (C=O) groups is 1. The van der Waals surface area contributed by atoms with Gasteiger partial charge in [0, 0.05) is 30.6 Å². The van der Waals surface area contributed by atoms with E-state index in [0.29, 0.717) is 24.4 Å². The second-order valence-corrected chi connectivity index (χ2v) is 10.2. The van der Waals surface area contributed by atoms with Gasteiger partial charge in [-0.05, 0) is 55.9 Å². The molecule has 8 heteroatoms. The third kappa shape index (κ3) is 5.97. The number of aryl methyl sites for hydroxylation is 1. The van der Waals surface area contributed by atoms with E-state index in [4.69, 9.17) is 23.2 Å². The Hall–Kier alpha value is -1.60. The van der Waals surface area contributed by atoms with Crippen LogP contribution in [-0.2, 0) is 21.2 Å². The SMILES string of the molecule is O=C(NCCCCc1ccccc1)C1CCN(S(=O)(=O)c2cc(Cl)ccc2Cl)CC1.